The van der Waals surface area contributed by atoms with Crippen LogP contribution in [0.5, 0.6) is 0 Å². The Labute approximate surface area is 159 Å². The van der Waals surface area contributed by atoms with E-state index >= 15 is 0 Å². The van der Waals surface area contributed by atoms with Gasteiger partial charge in [0.1, 0.15) is 0 Å². The van der Waals surface area contributed by atoms with E-state index in [0.717, 1.165) is 16.8 Å². The van der Waals surface area contributed by atoms with Crippen molar-refractivity contribution in [2.45, 2.75) is 18.7 Å². The molecule has 0 saturated carbocycles. The molecule has 26 heavy (non-hydrogen) atoms. The van der Waals surface area contributed by atoms with Gasteiger partial charge in [-0.3, -0.25) is 9.69 Å². The fourth-order valence-corrected chi connectivity index (χ4v) is 3.88. The van der Waals surface area contributed by atoms with E-state index < -0.39 is 9.84 Å². The summed E-state index contributed by atoms with van der Waals surface area (Å²) in [7, 11) is -1.69. The first kappa shape index (κ1) is 20.4. The Balaban J connectivity index is 1.89. The molecule has 2 aromatic rings. The van der Waals surface area contributed by atoms with Crippen molar-refractivity contribution in [1.29, 1.82) is 0 Å². The summed E-state index contributed by atoms with van der Waals surface area (Å²) in [4.78, 5) is 14.1. The number of anilines is 1. The number of nitrogens with zero attached hydrogens (tertiary/aromatic N) is 1. The fourth-order valence-electron chi connectivity index (χ4n) is 2.42. The van der Waals surface area contributed by atoms with Crippen molar-refractivity contribution < 1.29 is 13.2 Å². The maximum atomic E-state index is 12.3. The van der Waals surface area contributed by atoms with Crippen LogP contribution < -0.4 is 5.32 Å². The zero-order valence-corrected chi connectivity index (χ0v) is 16.7. The van der Waals surface area contributed by atoms with E-state index in [-0.39, 0.29) is 29.6 Å². The molecular formula is C19H23ClN2O3S. The third kappa shape index (κ3) is 5.83. The van der Waals surface area contributed by atoms with Crippen molar-refractivity contribution in [3.05, 3.63) is 58.6 Å². The number of nitrogens with one attached hydrogen (secondary N) is 1. The van der Waals surface area contributed by atoms with Crippen LogP contribution in [-0.4, -0.2) is 45.1 Å². The Morgan fingerprint density at radius 3 is 2.42 bits per heavy atom. The van der Waals surface area contributed by atoms with Gasteiger partial charge in [0.2, 0.25) is 5.91 Å². The molecule has 0 fully saturated rings. The molecule has 0 unspecified atom stereocenters. The fraction of sp³-hybridized carbons (Fsp3) is 0.316. The van der Waals surface area contributed by atoms with E-state index in [9.17, 15) is 13.2 Å². The Morgan fingerprint density at radius 1 is 1.12 bits per heavy atom. The second kappa shape index (κ2) is 8.66. The number of amides is 1. The lowest BCUT2D eigenvalue weighted by atomic mass is 10.1. The molecular weight excluding hydrogens is 372 g/mol. The van der Waals surface area contributed by atoms with Crippen LogP contribution in [0.15, 0.2) is 47.4 Å². The lowest BCUT2D eigenvalue weighted by Gasteiger charge is -2.17. The Kier molecular flexibility index (Phi) is 6.81. The normalized spacial score (nSPS) is 11.6. The molecule has 0 heterocycles. The van der Waals surface area contributed by atoms with Gasteiger partial charge in [-0.2, -0.15) is 0 Å². The molecule has 0 spiro atoms. The molecule has 0 radical (unpaired) electrons. The third-order valence-electron chi connectivity index (χ3n) is 4.00. The number of carbonyl (C=O) groups is 1. The van der Waals surface area contributed by atoms with Crippen molar-refractivity contribution >= 4 is 33.0 Å². The Hall–Kier alpha value is -1.89. The highest BCUT2D eigenvalue weighted by Crippen LogP contribution is 2.17. The molecule has 140 valence electrons. The summed E-state index contributed by atoms with van der Waals surface area (Å²) in [5, 5.41) is 3.36. The van der Waals surface area contributed by atoms with Crippen molar-refractivity contribution in [1.82, 2.24) is 4.90 Å². The van der Waals surface area contributed by atoms with E-state index in [2.05, 4.69) is 5.32 Å². The first-order chi connectivity index (χ1) is 12.2. The third-order valence-corrected chi connectivity index (χ3v) is 5.96. The van der Waals surface area contributed by atoms with Gasteiger partial charge in [-0.05, 0) is 62.4 Å². The first-order valence-corrected chi connectivity index (χ1v) is 10.2. The van der Waals surface area contributed by atoms with Gasteiger partial charge in [0.05, 0.1) is 17.2 Å². The minimum Gasteiger partial charge on any atom is -0.325 e. The van der Waals surface area contributed by atoms with E-state index in [1.54, 1.807) is 24.1 Å². The van der Waals surface area contributed by atoms with Gasteiger partial charge in [0.15, 0.2) is 9.84 Å². The molecule has 0 atom stereocenters. The molecule has 1 N–H and O–H groups in total. The highest BCUT2D eigenvalue weighted by Gasteiger charge is 2.16. The van der Waals surface area contributed by atoms with Crippen LogP contribution in [0.25, 0.3) is 0 Å². The first-order valence-electron chi connectivity index (χ1n) is 8.21. The molecule has 5 nitrogen and oxygen atoms in total. The molecule has 0 aromatic heterocycles. The quantitative estimate of drug-likeness (QED) is 0.782. The molecule has 1 amide bonds. The predicted octanol–water partition coefficient (Wildman–Crippen LogP) is 3.30. The van der Waals surface area contributed by atoms with Gasteiger partial charge in [0, 0.05) is 17.3 Å². The molecule has 0 aliphatic rings. The van der Waals surface area contributed by atoms with Gasteiger partial charge >= 0.3 is 0 Å². The van der Waals surface area contributed by atoms with Crippen molar-refractivity contribution in [2.24, 2.45) is 0 Å². The summed E-state index contributed by atoms with van der Waals surface area (Å²) >= 11 is 5.79. The van der Waals surface area contributed by atoms with Gasteiger partial charge < -0.3 is 5.32 Å². The van der Waals surface area contributed by atoms with E-state index in [4.69, 9.17) is 11.6 Å². The zero-order chi connectivity index (χ0) is 19.3. The molecule has 0 aliphatic carbocycles. The van der Waals surface area contributed by atoms with Crippen molar-refractivity contribution in [3.63, 3.8) is 0 Å². The van der Waals surface area contributed by atoms with Gasteiger partial charge in [-0.15, -0.1) is 0 Å². The average molecular weight is 395 g/mol. The number of hydrogen-bond acceptors (Lipinski definition) is 4. The average Bonchev–Trinajstić information content (AvgIpc) is 2.57. The molecule has 0 bridgehead atoms. The van der Waals surface area contributed by atoms with E-state index in [1.165, 1.54) is 12.1 Å². The molecule has 2 rings (SSSR count). The zero-order valence-electron chi connectivity index (χ0n) is 15.1. The summed E-state index contributed by atoms with van der Waals surface area (Å²) in [6.07, 6.45) is 0. The molecule has 7 heteroatoms. The molecule has 2 aromatic carbocycles. The van der Waals surface area contributed by atoms with E-state index in [1.807, 2.05) is 32.0 Å². The molecule has 0 saturated heterocycles. The van der Waals surface area contributed by atoms with Crippen LogP contribution in [0.4, 0.5) is 5.69 Å². The minimum atomic E-state index is -3.41. The summed E-state index contributed by atoms with van der Waals surface area (Å²) in [5.41, 5.74) is 2.82. The van der Waals surface area contributed by atoms with Gasteiger partial charge in [-0.25, -0.2) is 8.42 Å². The standard InChI is InChI=1S/C19H23ClN2O3S/c1-14-4-5-15(2)18(12-14)21-19(23)13-22(3)10-11-26(24,25)17-8-6-16(20)7-9-17/h4-9,12H,10-11,13H2,1-3H3,(H,21,23). The van der Waals surface area contributed by atoms with Crippen LogP contribution in [0.3, 0.4) is 0 Å². The van der Waals surface area contributed by atoms with Crippen LogP contribution in [0.1, 0.15) is 11.1 Å². The smallest absolute Gasteiger partial charge is 0.238 e. The molecule has 0 aliphatic heterocycles. The van der Waals surface area contributed by atoms with Gasteiger partial charge in [0.25, 0.3) is 0 Å². The van der Waals surface area contributed by atoms with Crippen molar-refractivity contribution in [2.75, 3.05) is 31.2 Å². The van der Waals surface area contributed by atoms with Crippen LogP contribution in [0.2, 0.25) is 5.02 Å². The number of sulfone groups is 1. The topological polar surface area (TPSA) is 66.5 Å². The summed E-state index contributed by atoms with van der Waals surface area (Å²) in [6, 6.07) is 11.9. The monoisotopic (exact) mass is 394 g/mol. The van der Waals surface area contributed by atoms with Crippen LogP contribution in [-0.2, 0) is 14.6 Å². The minimum absolute atomic E-state index is 0.0676. The highest BCUT2D eigenvalue weighted by atomic mass is 35.5. The lowest BCUT2D eigenvalue weighted by Crippen LogP contribution is -2.33. The maximum absolute atomic E-state index is 12.3. The van der Waals surface area contributed by atoms with Crippen molar-refractivity contribution in [3.8, 4) is 0 Å². The Bertz CT molecular complexity index is 880. The maximum Gasteiger partial charge on any atom is 0.238 e. The summed E-state index contributed by atoms with van der Waals surface area (Å²) < 4.78 is 24.7. The summed E-state index contributed by atoms with van der Waals surface area (Å²) in [5.74, 6) is -0.243. The Morgan fingerprint density at radius 2 is 1.77 bits per heavy atom. The largest absolute Gasteiger partial charge is 0.325 e. The van der Waals surface area contributed by atoms with Crippen LogP contribution in [0, 0.1) is 13.8 Å². The van der Waals surface area contributed by atoms with Gasteiger partial charge in [-0.1, -0.05) is 23.7 Å². The number of halogens is 1. The number of benzene rings is 2. The van der Waals surface area contributed by atoms with E-state index in [0.29, 0.717) is 5.02 Å². The number of hydrogen-bond donors (Lipinski definition) is 1. The second-order valence-corrected chi connectivity index (χ2v) is 8.92. The number of carbonyl (C=O) groups excluding carboxylic acids is 1. The summed E-state index contributed by atoms with van der Waals surface area (Å²) in [6.45, 7) is 4.26. The SMILES string of the molecule is Cc1ccc(C)c(NC(=O)CN(C)CCS(=O)(=O)c2ccc(Cl)cc2)c1. The highest BCUT2D eigenvalue weighted by molar-refractivity contribution is 7.91. The lowest BCUT2D eigenvalue weighted by molar-refractivity contribution is -0.117. The number of likely N-dealkylation sites (N-methyl/N-ethyl adjacent to an activating group) is 1. The van der Waals surface area contributed by atoms with Crippen LogP contribution >= 0.6 is 11.6 Å². The predicted molar refractivity (Wildman–Crippen MR) is 106 cm³/mol. The second-order valence-electron chi connectivity index (χ2n) is 6.38. The number of rotatable bonds is 7. The number of aryl methyl sites for hydroxylation is 2.